The zero-order valence-corrected chi connectivity index (χ0v) is 21.1. The van der Waals surface area contributed by atoms with Gasteiger partial charge in [-0.05, 0) is 0 Å². The van der Waals surface area contributed by atoms with Gasteiger partial charge >= 0.3 is 182 Å². The van der Waals surface area contributed by atoms with Gasteiger partial charge in [-0.25, -0.2) is 0 Å². The summed E-state index contributed by atoms with van der Waals surface area (Å²) >= 11 is 16.1. The number of rotatable bonds is 0. The summed E-state index contributed by atoms with van der Waals surface area (Å²) in [5.74, 6) is 5.26. The second kappa shape index (κ2) is 7.82. The Labute approximate surface area is 179 Å². The van der Waals surface area contributed by atoms with Crippen molar-refractivity contribution in [1.29, 1.82) is 0 Å². The van der Waals surface area contributed by atoms with Crippen molar-refractivity contribution in [3.8, 4) is 0 Å². The third-order valence-corrected chi connectivity index (χ3v) is 22.5. The summed E-state index contributed by atoms with van der Waals surface area (Å²) < 4.78 is 10.2. The van der Waals surface area contributed by atoms with Crippen molar-refractivity contribution >= 4 is 112 Å². The first kappa shape index (κ1) is 17.5. The van der Waals surface area contributed by atoms with E-state index in [1.165, 1.54) is 35.9 Å². The van der Waals surface area contributed by atoms with Crippen LogP contribution in [-0.4, -0.2) is 52.9 Å². The van der Waals surface area contributed by atoms with Crippen LogP contribution >= 0.6 is 82.3 Å². The van der Waals surface area contributed by atoms with Crippen LogP contribution in [0.4, 0.5) is 0 Å². The minimum absolute atomic E-state index is 0.676. The van der Waals surface area contributed by atoms with Crippen molar-refractivity contribution in [1.82, 2.24) is 0 Å². The van der Waals surface area contributed by atoms with Gasteiger partial charge in [-0.2, -0.15) is 0 Å². The van der Waals surface area contributed by atoms with Gasteiger partial charge in [-0.3, -0.25) is 0 Å². The zero-order valence-electron chi connectivity index (χ0n) is 11.9. The standard InChI is InChI=1S/C14H12S7Se2/c1-2-8(14-22-12-13(23-14)18-6-5-17-12)19-7(1)9-20-10-11(21-9)16-4-3-15-10/h1-6H2. The van der Waals surface area contributed by atoms with E-state index in [1.54, 1.807) is 30.1 Å². The van der Waals surface area contributed by atoms with Gasteiger partial charge in [-0.1, -0.05) is 0 Å². The molecule has 0 aromatic heterocycles. The van der Waals surface area contributed by atoms with E-state index >= 15 is 0 Å². The second-order valence-corrected chi connectivity index (χ2v) is 20.2. The SMILES string of the molecule is C1CSC2=C(S1)SC(=C1CCC(=C3[Se]C4=C(SCCS4)[Se]3)S1)S2. The van der Waals surface area contributed by atoms with Crippen LogP contribution in [0, 0.1) is 0 Å². The maximum atomic E-state index is 2.16. The molecule has 0 saturated carbocycles. The molecule has 0 aromatic rings. The summed E-state index contributed by atoms with van der Waals surface area (Å²) in [6, 6.07) is 0. The van der Waals surface area contributed by atoms with E-state index < -0.39 is 0 Å². The fourth-order valence-electron chi connectivity index (χ4n) is 2.43. The first-order valence-electron chi connectivity index (χ1n) is 7.22. The van der Waals surface area contributed by atoms with Crippen LogP contribution in [0.25, 0.3) is 0 Å². The molecule has 122 valence electrons. The van der Waals surface area contributed by atoms with Crippen molar-refractivity contribution < 1.29 is 0 Å². The topological polar surface area (TPSA) is 0 Å². The third-order valence-electron chi connectivity index (χ3n) is 3.46. The van der Waals surface area contributed by atoms with Gasteiger partial charge in [0.25, 0.3) is 0 Å². The van der Waals surface area contributed by atoms with Gasteiger partial charge in [0.05, 0.1) is 0 Å². The molecule has 1 saturated heterocycles. The molecule has 9 heteroatoms. The predicted octanol–water partition coefficient (Wildman–Crippen LogP) is 5.97. The summed E-state index contributed by atoms with van der Waals surface area (Å²) in [7, 11) is 0. The summed E-state index contributed by atoms with van der Waals surface area (Å²) in [5.41, 5.74) is 0. The van der Waals surface area contributed by atoms with E-state index in [1.807, 2.05) is 3.37 Å². The quantitative estimate of drug-likeness (QED) is 0.330. The molecule has 5 aliphatic rings. The molecule has 5 aliphatic heterocycles. The molecule has 0 bridgehead atoms. The van der Waals surface area contributed by atoms with E-state index in [4.69, 9.17) is 0 Å². The van der Waals surface area contributed by atoms with Crippen LogP contribution in [0.3, 0.4) is 0 Å². The van der Waals surface area contributed by atoms with E-state index in [-0.39, 0.29) is 0 Å². The molecular formula is C14H12S7Se2. The number of thioether (sulfide) groups is 7. The van der Waals surface area contributed by atoms with Crippen LogP contribution in [0.15, 0.2) is 33.5 Å². The van der Waals surface area contributed by atoms with Crippen LogP contribution in [0.1, 0.15) is 12.8 Å². The van der Waals surface area contributed by atoms with Gasteiger partial charge in [0, 0.05) is 0 Å². The van der Waals surface area contributed by atoms with Crippen molar-refractivity contribution in [2.75, 3.05) is 23.0 Å². The molecule has 0 nitrogen and oxygen atoms in total. The molecule has 23 heavy (non-hydrogen) atoms. The first-order valence-corrected chi connectivity index (χ1v) is 17.0. The minimum atomic E-state index is 0.676. The van der Waals surface area contributed by atoms with Crippen molar-refractivity contribution in [2.24, 2.45) is 0 Å². The monoisotopic (exact) mass is 564 g/mol. The van der Waals surface area contributed by atoms with Gasteiger partial charge < -0.3 is 0 Å². The van der Waals surface area contributed by atoms with E-state index in [2.05, 4.69) is 82.3 Å². The van der Waals surface area contributed by atoms with Crippen LogP contribution in [0.2, 0.25) is 0 Å². The van der Waals surface area contributed by atoms with Gasteiger partial charge in [0.1, 0.15) is 0 Å². The fraction of sp³-hybridized carbons (Fsp3) is 0.429. The molecule has 5 heterocycles. The van der Waals surface area contributed by atoms with Gasteiger partial charge in [0.15, 0.2) is 0 Å². The Morgan fingerprint density at radius 2 is 1.13 bits per heavy atom. The molecule has 1 fully saturated rings. The molecule has 0 N–H and O–H groups in total. The molecule has 0 unspecified atom stereocenters. The Bertz CT molecular complexity index is 593. The number of hydrogen-bond acceptors (Lipinski definition) is 7. The Hall–Kier alpha value is 2.45. The average molecular weight is 563 g/mol. The molecule has 0 atom stereocenters. The summed E-state index contributed by atoms with van der Waals surface area (Å²) in [5, 5.41) is 0. The number of hydrogen-bond donors (Lipinski definition) is 0. The van der Waals surface area contributed by atoms with E-state index in [9.17, 15) is 0 Å². The normalized spacial score (nSPS) is 28.2. The Morgan fingerprint density at radius 3 is 1.78 bits per heavy atom. The van der Waals surface area contributed by atoms with E-state index in [0.717, 1.165) is 0 Å². The van der Waals surface area contributed by atoms with Gasteiger partial charge in [0.2, 0.25) is 0 Å². The summed E-state index contributed by atoms with van der Waals surface area (Å²) in [6.45, 7) is 0. The molecule has 0 amide bonds. The van der Waals surface area contributed by atoms with E-state index in [0.29, 0.717) is 29.9 Å². The Kier molecular flexibility index (Phi) is 5.97. The predicted molar refractivity (Wildman–Crippen MR) is 121 cm³/mol. The van der Waals surface area contributed by atoms with Crippen molar-refractivity contribution in [2.45, 2.75) is 12.8 Å². The zero-order chi connectivity index (χ0) is 15.2. The van der Waals surface area contributed by atoms with Crippen molar-refractivity contribution in [3.63, 3.8) is 0 Å². The summed E-state index contributed by atoms with van der Waals surface area (Å²) in [6.07, 6.45) is 2.62. The van der Waals surface area contributed by atoms with Crippen LogP contribution in [0.5, 0.6) is 0 Å². The molecule has 0 aromatic carbocycles. The molecule has 0 radical (unpaired) electrons. The summed E-state index contributed by atoms with van der Waals surface area (Å²) in [4.78, 5) is 3.43. The number of allylic oxidation sites excluding steroid dienone is 2. The second-order valence-electron chi connectivity index (χ2n) is 4.98. The Balaban J connectivity index is 1.32. The van der Waals surface area contributed by atoms with Crippen molar-refractivity contribution in [3.05, 3.63) is 33.5 Å². The molecule has 0 aliphatic carbocycles. The average Bonchev–Trinajstić information content (AvgIpc) is 3.30. The molecule has 5 rings (SSSR count). The van der Waals surface area contributed by atoms with Crippen LogP contribution < -0.4 is 0 Å². The Morgan fingerprint density at radius 1 is 0.565 bits per heavy atom. The third kappa shape index (κ3) is 3.73. The fourth-order valence-corrected chi connectivity index (χ4v) is 22.7. The maximum absolute atomic E-state index is 2.16. The van der Waals surface area contributed by atoms with Crippen LogP contribution in [-0.2, 0) is 0 Å². The van der Waals surface area contributed by atoms with Gasteiger partial charge in [-0.15, -0.1) is 0 Å². The molecular weight excluding hydrogens is 551 g/mol. The molecule has 0 spiro atoms. The first-order chi connectivity index (χ1) is 11.4.